The number of piperazine rings is 1. The van der Waals surface area contributed by atoms with Crippen LogP contribution < -0.4 is 20.9 Å². The molecule has 0 saturated carbocycles. The summed E-state index contributed by atoms with van der Waals surface area (Å²) in [4.78, 5) is 25.0. The van der Waals surface area contributed by atoms with Crippen LogP contribution in [0.25, 0.3) is 11.0 Å². The number of hydrogen-bond donors (Lipinski definition) is 3. The third-order valence-electron chi connectivity index (χ3n) is 6.82. The van der Waals surface area contributed by atoms with Crippen molar-refractivity contribution in [1.29, 1.82) is 0 Å². The molecule has 1 fully saturated rings. The van der Waals surface area contributed by atoms with E-state index in [1.165, 1.54) is 17.8 Å². The standard InChI is InChI=1S/C28H32FN7O/c1-3-23(4-2)36-25(27(37)32-21-7-5-20(29)6-8-21)17-19-18-31-28(34-26(19)36)33-22-9-11-24(12-10-22)35-15-13-30-14-16-35/h5-12,17-18,23,30H,3-4,13-16H2,1-2H3,(H,32,37)(H,31,33,34). The number of benzene rings is 2. The Kier molecular flexibility index (Phi) is 7.32. The number of hydrogen-bond acceptors (Lipinski definition) is 6. The van der Waals surface area contributed by atoms with Crippen LogP contribution in [0.1, 0.15) is 43.2 Å². The Bertz CT molecular complexity index is 1360. The van der Waals surface area contributed by atoms with Gasteiger partial charge in [-0.05, 0) is 67.4 Å². The Hall–Kier alpha value is -3.98. The van der Waals surface area contributed by atoms with Crippen LogP contribution in [0.5, 0.6) is 0 Å². The number of nitrogens with zero attached hydrogens (tertiary/aromatic N) is 4. The SMILES string of the molecule is CCC(CC)n1c(C(=O)Nc2ccc(F)cc2)cc2cnc(Nc3ccc(N4CCNCC4)cc3)nc21. The molecule has 0 bridgehead atoms. The Morgan fingerprint density at radius 1 is 1.03 bits per heavy atom. The summed E-state index contributed by atoms with van der Waals surface area (Å²) in [5, 5.41) is 10.4. The fraction of sp³-hybridized carbons (Fsp3) is 0.321. The lowest BCUT2D eigenvalue weighted by Crippen LogP contribution is -2.43. The van der Waals surface area contributed by atoms with Gasteiger partial charge in [0.2, 0.25) is 5.95 Å². The third-order valence-corrected chi connectivity index (χ3v) is 6.82. The van der Waals surface area contributed by atoms with Crippen molar-refractivity contribution in [2.24, 2.45) is 0 Å². The predicted octanol–water partition coefficient (Wildman–Crippen LogP) is 5.34. The van der Waals surface area contributed by atoms with E-state index in [9.17, 15) is 9.18 Å². The van der Waals surface area contributed by atoms with E-state index >= 15 is 0 Å². The Labute approximate surface area is 215 Å². The summed E-state index contributed by atoms with van der Waals surface area (Å²) in [6.07, 6.45) is 3.43. The van der Waals surface area contributed by atoms with Gasteiger partial charge in [0.1, 0.15) is 17.2 Å². The zero-order valence-electron chi connectivity index (χ0n) is 21.2. The van der Waals surface area contributed by atoms with Gasteiger partial charge >= 0.3 is 0 Å². The van der Waals surface area contributed by atoms with Gasteiger partial charge in [-0.1, -0.05) is 13.8 Å². The van der Waals surface area contributed by atoms with Crippen LogP contribution in [0.4, 0.5) is 27.4 Å². The molecule has 0 unspecified atom stereocenters. The minimum atomic E-state index is -0.349. The van der Waals surface area contributed by atoms with Crippen LogP contribution >= 0.6 is 0 Å². The van der Waals surface area contributed by atoms with Gasteiger partial charge in [-0.3, -0.25) is 4.79 Å². The van der Waals surface area contributed by atoms with Gasteiger partial charge < -0.3 is 25.4 Å². The van der Waals surface area contributed by atoms with Gasteiger partial charge in [0, 0.05) is 60.9 Å². The van der Waals surface area contributed by atoms with Gasteiger partial charge in [-0.15, -0.1) is 0 Å². The van der Waals surface area contributed by atoms with E-state index in [0.29, 0.717) is 23.0 Å². The number of nitrogens with one attached hydrogen (secondary N) is 3. The van der Waals surface area contributed by atoms with Crippen molar-refractivity contribution in [2.45, 2.75) is 32.7 Å². The molecule has 1 aliphatic heterocycles. The van der Waals surface area contributed by atoms with E-state index in [0.717, 1.165) is 50.1 Å². The maximum atomic E-state index is 13.3. The quantitative estimate of drug-likeness (QED) is 0.302. The number of carbonyl (C=O) groups excluding carboxylic acids is 1. The minimum Gasteiger partial charge on any atom is -0.369 e. The summed E-state index contributed by atoms with van der Waals surface area (Å²) < 4.78 is 15.3. The van der Waals surface area contributed by atoms with Gasteiger partial charge in [0.15, 0.2) is 0 Å². The fourth-order valence-electron chi connectivity index (χ4n) is 4.80. The van der Waals surface area contributed by atoms with Crippen molar-refractivity contribution in [1.82, 2.24) is 19.9 Å². The molecular formula is C28H32FN7O. The van der Waals surface area contributed by atoms with E-state index in [1.807, 2.05) is 22.8 Å². The molecule has 1 amide bonds. The summed E-state index contributed by atoms with van der Waals surface area (Å²) in [7, 11) is 0. The molecule has 3 heterocycles. The summed E-state index contributed by atoms with van der Waals surface area (Å²) >= 11 is 0. The molecule has 9 heteroatoms. The summed E-state index contributed by atoms with van der Waals surface area (Å²) in [6, 6.07) is 15.9. The molecule has 2 aromatic heterocycles. The molecule has 2 aromatic carbocycles. The molecular weight excluding hydrogens is 469 g/mol. The number of anilines is 4. The molecule has 37 heavy (non-hydrogen) atoms. The number of rotatable bonds is 8. The van der Waals surface area contributed by atoms with Crippen molar-refractivity contribution >= 4 is 40.0 Å². The van der Waals surface area contributed by atoms with Crippen LogP contribution in [0.3, 0.4) is 0 Å². The summed E-state index contributed by atoms with van der Waals surface area (Å²) in [5.74, 6) is -0.148. The molecule has 0 atom stereocenters. The first-order valence-corrected chi connectivity index (χ1v) is 12.8. The number of amides is 1. The highest BCUT2D eigenvalue weighted by Gasteiger charge is 2.22. The topological polar surface area (TPSA) is 87.1 Å². The van der Waals surface area contributed by atoms with Crippen molar-refractivity contribution in [3.8, 4) is 0 Å². The molecule has 4 aromatic rings. The third kappa shape index (κ3) is 5.41. The zero-order chi connectivity index (χ0) is 25.8. The highest BCUT2D eigenvalue weighted by molar-refractivity contribution is 6.06. The number of halogens is 1. The highest BCUT2D eigenvalue weighted by atomic mass is 19.1. The maximum Gasteiger partial charge on any atom is 0.272 e. The predicted molar refractivity (Wildman–Crippen MR) is 146 cm³/mol. The summed E-state index contributed by atoms with van der Waals surface area (Å²) in [6.45, 7) is 8.18. The Morgan fingerprint density at radius 3 is 2.38 bits per heavy atom. The molecule has 192 valence electrons. The molecule has 0 aliphatic carbocycles. The molecule has 1 aliphatic rings. The molecule has 5 rings (SSSR count). The van der Waals surface area contributed by atoms with E-state index in [2.05, 4.69) is 51.8 Å². The van der Waals surface area contributed by atoms with Crippen LogP contribution in [0, 0.1) is 5.82 Å². The van der Waals surface area contributed by atoms with E-state index in [1.54, 1.807) is 18.3 Å². The van der Waals surface area contributed by atoms with E-state index < -0.39 is 0 Å². The highest BCUT2D eigenvalue weighted by Crippen LogP contribution is 2.29. The lowest BCUT2D eigenvalue weighted by atomic mass is 10.1. The lowest BCUT2D eigenvalue weighted by molar-refractivity contribution is 0.101. The lowest BCUT2D eigenvalue weighted by Gasteiger charge is -2.29. The van der Waals surface area contributed by atoms with E-state index in [-0.39, 0.29) is 17.8 Å². The van der Waals surface area contributed by atoms with E-state index in [4.69, 9.17) is 4.98 Å². The normalized spacial score (nSPS) is 13.8. The molecule has 0 spiro atoms. The Morgan fingerprint density at radius 2 is 1.70 bits per heavy atom. The van der Waals surface area contributed by atoms with Crippen molar-refractivity contribution in [3.05, 3.63) is 72.3 Å². The monoisotopic (exact) mass is 501 g/mol. The van der Waals surface area contributed by atoms with Gasteiger partial charge in [-0.25, -0.2) is 9.37 Å². The van der Waals surface area contributed by atoms with Gasteiger partial charge in [-0.2, -0.15) is 4.98 Å². The molecule has 3 N–H and O–H groups in total. The second-order valence-electron chi connectivity index (χ2n) is 9.21. The second kappa shape index (κ2) is 11.0. The molecule has 1 saturated heterocycles. The van der Waals surface area contributed by atoms with Crippen LogP contribution in [0.15, 0.2) is 60.8 Å². The van der Waals surface area contributed by atoms with Crippen molar-refractivity contribution in [3.63, 3.8) is 0 Å². The Balaban J connectivity index is 1.42. The first-order chi connectivity index (χ1) is 18.1. The first-order valence-electron chi connectivity index (χ1n) is 12.8. The van der Waals surface area contributed by atoms with Crippen molar-refractivity contribution < 1.29 is 9.18 Å². The number of carbonyl (C=O) groups is 1. The number of aromatic nitrogens is 3. The fourth-order valence-corrected chi connectivity index (χ4v) is 4.80. The van der Waals surface area contributed by atoms with Gasteiger partial charge in [0.25, 0.3) is 5.91 Å². The van der Waals surface area contributed by atoms with Crippen LogP contribution in [-0.4, -0.2) is 46.6 Å². The first kappa shape index (κ1) is 24.7. The largest absolute Gasteiger partial charge is 0.369 e. The summed E-state index contributed by atoms with van der Waals surface area (Å²) in [5.41, 5.74) is 3.83. The number of fused-ring (bicyclic) bond motifs is 1. The molecule has 0 radical (unpaired) electrons. The second-order valence-corrected chi connectivity index (χ2v) is 9.21. The minimum absolute atomic E-state index is 0.0903. The van der Waals surface area contributed by atoms with Gasteiger partial charge in [0.05, 0.1) is 0 Å². The molecule has 8 nitrogen and oxygen atoms in total. The average Bonchev–Trinajstić information content (AvgIpc) is 3.31. The smallest absolute Gasteiger partial charge is 0.272 e. The zero-order valence-corrected chi connectivity index (χ0v) is 21.2. The van der Waals surface area contributed by atoms with Crippen LogP contribution in [0.2, 0.25) is 0 Å². The van der Waals surface area contributed by atoms with Crippen molar-refractivity contribution in [2.75, 3.05) is 41.7 Å². The van der Waals surface area contributed by atoms with Crippen LogP contribution in [-0.2, 0) is 0 Å². The maximum absolute atomic E-state index is 13.3. The average molecular weight is 502 g/mol.